The molecule has 1 aromatic heterocycles. The van der Waals surface area contributed by atoms with Crippen LogP contribution in [0.25, 0.3) is 5.69 Å². The van der Waals surface area contributed by atoms with Crippen molar-refractivity contribution in [2.75, 3.05) is 12.4 Å². The number of ketones is 1. The number of nitrogens with one attached hydrogen (secondary N) is 1. The highest BCUT2D eigenvalue weighted by Gasteiger charge is 2.20. The summed E-state index contributed by atoms with van der Waals surface area (Å²) in [5.41, 5.74) is 1.78. The van der Waals surface area contributed by atoms with Crippen molar-refractivity contribution >= 4 is 29.1 Å². The fourth-order valence-electron chi connectivity index (χ4n) is 2.48. The number of ether oxygens (including phenoxy) is 1. The normalized spacial score (nSPS) is 11.7. The summed E-state index contributed by atoms with van der Waals surface area (Å²) in [5, 5.41) is 14.6. The molecular weight excluding hydrogens is 378 g/mol. The number of hydrogen-bond acceptors (Lipinski definition) is 7. The number of carbonyl (C=O) groups is 2. The highest BCUT2D eigenvalue weighted by atomic mass is 32.2. The first kappa shape index (κ1) is 19.6. The van der Waals surface area contributed by atoms with Crippen LogP contribution in [-0.4, -0.2) is 44.3 Å². The summed E-state index contributed by atoms with van der Waals surface area (Å²) in [7, 11) is 1.57. The summed E-state index contributed by atoms with van der Waals surface area (Å²) in [4.78, 5) is 24.1. The summed E-state index contributed by atoms with van der Waals surface area (Å²) in [6, 6.07) is 14.2. The number of thioether (sulfide) groups is 1. The first-order chi connectivity index (χ1) is 13.5. The Morgan fingerprint density at radius 2 is 1.96 bits per heavy atom. The van der Waals surface area contributed by atoms with Crippen molar-refractivity contribution in [3.63, 3.8) is 0 Å². The molecule has 28 heavy (non-hydrogen) atoms. The van der Waals surface area contributed by atoms with E-state index in [1.807, 2.05) is 24.3 Å². The molecule has 3 rings (SSSR count). The van der Waals surface area contributed by atoms with E-state index in [1.54, 1.807) is 38.3 Å². The van der Waals surface area contributed by atoms with Crippen LogP contribution in [0, 0.1) is 0 Å². The average molecular weight is 397 g/mol. The number of amides is 1. The van der Waals surface area contributed by atoms with Gasteiger partial charge in [-0.15, -0.1) is 5.10 Å². The van der Waals surface area contributed by atoms with Gasteiger partial charge in [-0.25, -0.2) is 0 Å². The quantitative estimate of drug-likeness (QED) is 0.483. The predicted octanol–water partition coefficient (Wildman–Crippen LogP) is 2.99. The third kappa shape index (κ3) is 4.37. The highest BCUT2D eigenvalue weighted by molar-refractivity contribution is 8.00. The van der Waals surface area contributed by atoms with Crippen molar-refractivity contribution < 1.29 is 14.3 Å². The lowest BCUT2D eigenvalue weighted by atomic mass is 10.1. The van der Waals surface area contributed by atoms with Gasteiger partial charge in [-0.05, 0) is 48.5 Å². The maximum Gasteiger partial charge on any atom is 0.237 e. The van der Waals surface area contributed by atoms with E-state index in [0.29, 0.717) is 27.8 Å². The van der Waals surface area contributed by atoms with E-state index >= 15 is 0 Å². The van der Waals surface area contributed by atoms with Gasteiger partial charge in [0, 0.05) is 11.3 Å². The predicted molar refractivity (Wildman–Crippen MR) is 106 cm³/mol. The highest BCUT2D eigenvalue weighted by Crippen LogP contribution is 2.28. The summed E-state index contributed by atoms with van der Waals surface area (Å²) >= 11 is 1.22. The van der Waals surface area contributed by atoms with Gasteiger partial charge in [-0.3, -0.25) is 9.59 Å². The summed E-state index contributed by atoms with van der Waals surface area (Å²) < 4.78 is 6.88. The van der Waals surface area contributed by atoms with Crippen molar-refractivity contribution in [3.8, 4) is 11.4 Å². The van der Waals surface area contributed by atoms with Crippen molar-refractivity contribution in [2.24, 2.45) is 0 Å². The first-order valence-electron chi connectivity index (χ1n) is 8.50. The second kappa shape index (κ2) is 8.66. The van der Waals surface area contributed by atoms with Crippen LogP contribution in [-0.2, 0) is 4.79 Å². The molecule has 0 fully saturated rings. The summed E-state index contributed by atoms with van der Waals surface area (Å²) in [5.74, 6) is 0.338. The van der Waals surface area contributed by atoms with Crippen LogP contribution in [0.15, 0.2) is 53.7 Å². The molecule has 0 aliphatic heterocycles. The topological polar surface area (TPSA) is 99.0 Å². The van der Waals surface area contributed by atoms with Gasteiger partial charge in [0.15, 0.2) is 5.78 Å². The lowest BCUT2D eigenvalue weighted by Gasteiger charge is -2.13. The molecule has 0 aliphatic carbocycles. The molecule has 1 N–H and O–H groups in total. The second-order valence-corrected chi connectivity index (χ2v) is 7.24. The standard InChI is InChI=1S/C19H19N5O3S/c1-12(25)14-7-6-8-15(11-14)20-18(26)13(2)28-19-21-22-23-24(19)16-9-4-5-10-17(16)27-3/h4-11,13H,1-3H3,(H,20,26)/t13-/m0/s1. The van der Waals surface area contributed by atoms with Crippen LogP contribution in [0.3, 0.4) is 0 Å². The van der Waals surface area contributed by atoms with Gasteiger partial charge in [0.1, 0.15) is 11.4 Å². The summed E-state index contributed by atoms with van der Waals surface area (Å²) in [6.45, 7) is 3.24. The maximum atomic E-state index is 12.6. The largest absolute Gasteiger partial charge is 0.494 e. The number of benzene rings is 2. The van der Waals surface area contributed by atoms with E-state index in [1.165, 1.54) is 23.4 Å². The SMILES string of the molecule is COc1ccccc1-n1nnnc1S[C@@H](C)C(=O)Nc1cccc(C(C)=O)c1. The molecule has 1 atom stereocenters. The minimum absolute atomic E-state index is 0.0606. The lowest BCUT2D eigenvalue weighted by Crippen LogP contribution is -2.23. The molecule has 1 heterocycles. The number of carbonyl (C=O) groups excluding carboxylic acids is 2. The number of rotatable bonds is 7. The Morgan fingerprint density at radius 3 is 2.71 bits per heavy atom. The third-order valence-corrected chi connectivity index (χ3v) is 4.98. The van der Waals surface area contributed by atoms with Crippen molar-refractivity contribution in [1.29, 1.82) is 0 Å². The second-order valence-electron chi connectivity index (χ2n) is 5.93. The Kier molecular flexibility index (Phi) is 6.05. The fraction of sp³-hybridized carbons (Fsp3) is 0.211. The number of anilines is 1. The molecule has 2 aromatic carbocycles. The van der Waals surface area contributed by atoms with Gasteiger partial charge >= 0.3 is 0 Å². The van der Waals surface area contributed by atoms with Crippen LogP contribution in [0.1, 0.15) is 24.2 Å². The summed E-state index contributed by atoms with van der Waals surface area (Å²) in [6.07, 6.45) is 0. The molecule has 8 nitrogen and oxygen atoms in total. The smallest absolute Gasteiger partial charge is 0.237 e. The van der Waals surface area contributed by atoms with Crippen LogP contribution in [0.2, 0.25) is 0 Å². The number of tetrazole rings is 1. The van der Waals surface area contributed by atoms with Crippen LogP contribution in [0.4, 0.5) is 5.69 Å². The van der Waals surface area contributed by atoms with Crippen LogP contribution in [0.5, 0.6) is 5.75 Å². The van der Waals surface area contributed by atoms with Crippen molar-refractivity contribution in [2.45, 2.75) is 24.3 Å². The molecule has 0 spiro atoms. The van der Waals surface area contributed by atoms with E-state index < -0.39 is 5.25 Å². The molecule has 9 heteroatoms. The number of para-hydroxylation sites is 2. The molecule has 0 unspecified atom stereocenters. The number of methoxy groups -OCH3 is 1. The Bertz CT molecular complexity index is 1000. The third-order valence-electron chi connectivity index (χ3n) is 3.94. The van der Waals surface area contributed by atoms with Gasteiger partial charge < -0.3 is 10.1 Å². The molecule has 3 aromatic rings. The zero-order chi connectivity index (χ0) is 20.1. The Labute approximate surface area is 166 Å². The van der Waals surface area contributed by atoms with Crippen LogP contribution >= 0.6 is 11.8 Å². The monoisotopic (exact) mass is 397 g/mol. The molecule has 1 amide bonds. The van der Waals surface area contributed by atoms with Crippen molar-refractivity contribution in [1.82, 2.24) is 20.2 Å². The Hall–Kier alpha value is -3.20. The van der Waals surface area contributed by atoms with E-state index in [4.69, 9.17) is 4.74 Å². The van der Waals surface area contributed by atoms with Crippen molar-refractivity contribution in [3.05, 3.63) is 54.1 Å². The minimum atomic E-state index is -0.472. The van der Waals surface area contributed by atoms with Gasteiger partial charge in [0.25, 0.3) is 0 Å². The van der Waals surface area contributed by atoms with Gasteiger partial charge in [-0.1, -0.05) is 36.0 Å². The molecule has 0 saturated carbocycles. The average Bonchev–Trinajstić information content (AvgIpc) is 3.15. The number of aromatic nitrogens is 4. The molecular formula is C19H19N5O3S. The number of Topliss-reactive ketones (excluding diaryl/α,β-unsaturated/α-hetero) is 1. The van der Waals surface area contributed by atoms with E-state index in [0.717, 1.165) is 0 Å². The number of nitrogens with zero attached hydrogens (tertiary/aromatic N) is 4. The Morgan fingerprint density at radius 1 is 1.18 bits per heavy atom. The zero-order valence-corrected chi connectivity index (χ0v) is 16.4. The van der Waals surface area contributed by atoms with Crippen LogP contribution < -0.4 is 10.1 Å². The Balaban J connectivity index is 1.74. The fourth-order valence-corrected chi connectivity index (χ4v) is 3.28. The zero-order valence-electron chi connectivity index (χ0n) is 15.6. The maximum absolute atomic E-state index is 12.6. The molecule has 0 bridgehead atoms. The van der Waals surface area contributed by atoms with Gasteiger partial charge in [-0.2, -0.15) is 4.68 Å². The van der Waals surface area contributed by atoms with E-state index in [2.05, 4.69) is 20.8 Å². The van der Waals surface area contributed by atoms with Gasteiger partial charge in [0.2, 0.25) is 11.1 Å². The van der Waals surface area contributed by atoms with Gasteiger partial charge in [0.05, 0.1) is 12.4 Å². The van der Waals surface area contributed by atoms with E-state index in [9.17, 15) is 9.59 Å². The molecule has 0 aliphatic rings. The lowest BCUT2D eigenvalue weighted by molar-refractivity contribution is -0.115. The molecule has 144 valence electrons. The first-order valence-corrected chi connectivity index (χ1v) is 9.38. The number of hydrogen-bond donors (Lipinski definition) is 1. The molecule has 0 saturated heterocycles. The molecule has 0 radical (unpaired) electrons. The minimum Gasteiger partial charge on any atom is -0.494 e. The van der Waals surface area contributed by atoms with E-state index in [-0.39, 0.29) is 11.7 Å².